The van der Waals surface area contributed by atoms with Crippen LogP contribution in [0.15, 0.2) is 36.8 Å². The van der Waals surface area contributed by atoms with Crippen LogP contribution in [0, 0.1) is 0 Å². The molecule has 0 radical (unpaired) electrons. The summed E-state index contributed by atoms with van der Waals surface area (Å²) in [6.45, 7) is 4.71. The van der Waals surface area contributed by atoms with E-state index in [-0.39, 0.29) is 6.61 Å². The zero-order valence-corrected chi connectivity index (χ0v) is 13.7. The van der Waals surface area contributed by atoms with Crippen molar-refractivity contribution in [2.75, 3.05) is 13.2 Å². The van der Waals surface area contributed by atoms with Gasteiger partial charge in [-0.25, -0.2) is 4.98 Å². The molecule has 0 amide bonds. The summed E-state index contributed by atoms with van der Waals surface area (Å²) in [5.41, 5.74) is 3.86. The van der Waals surface area contributed by atoms with Crippen molar-refractivity contribution < 1.29 is 5.11 Å². The molecule has 0 spiro atoms. The normalized spacial score (nSPS) is 11.3. The molecule has 4 heteroatoms. The molecule has 1 N–H and O–H groups in total. The first-order valence-corrected chi connectivity index (χ1v) is 8.09. The molecule has 0 bridgehead atoms. The van der Waals surface area contributed by atoms with Gasteiger partial charge >= 0.3 is 0 Å². The lowest BCUT2D eigenvalue weighted by molar-refractivity contribution is 0.181. The van der Waals surface area contributed by atoms with Crippen LogP contribution in [-0.4, -0.2) is 32.7 Å². The first-order valence-electron chi connectivity index (χ1n) is 8.09. The first-order chi connectivity index (χ1) is 10.7. The van der Waals surface area contributed by atoms with Crippen molar-refractivity contribution in [3.05, 3.63) is 53.6 Å². The average molecular weight is 301 g/mol. The second-order valence-corrected chi connectivity index (χ2v) is 5.85. The highest BCUT2D eigenvalue weighted by atomic mass is 16.3. The molecule has 0 atom stereocenters. The molecule has 0 aliphatic carbocycles. The van der Waals surface area contributed by atoms with Gasteiger partial charge < -0.3 is 9.67 Å². The number of benzene rings is 1. The molecule has 0 saturated carbocycles. The number of aromatic nitrogens is 2. The Morgan fingerprint density at radius 1 is 1.14 bits per heavy atom. The van der Waals surface area contributed by atoms with Crippen molar-refractivity contribution in [3.63, 3.8) is 0 Å². The maximum atomic E-state index is 9.29. The van der Waals surface area contributed by atoms with Crippen LogP contribution in [0.3, 0.4) is 0 Å². The minimum atomic E-state index is 0.173. The van der Waals surface area contributed by atoms with Gasteiger partial charge in [0.05, 0.1) is 18.6 Å². The summed E-state index contributed by atoms with van der Waals surface area (Å²) in [7, 11) is 2.00. The van der Waals surface area contributed by atoms with Crippen molar-refractivity contribution in [1.82, 2.24) is 14.5 Å². The number of aliphatic hydroxyl groups is 1. The fourth-order valence-electron chi connectivity index (χ4n) is 2.57. The zero-order chi connectivity index (χ0) is 15.8. The fraction of sp³-hybridized carbons (Fsp3) is 0.500. The van der Waals surface area contributed by atoms with Crippen LogP contribution in [-0.2, 0) is 26.6 Å². The molecule has 2 aromatic rings. The number of imidazole rings is 1. The molecule has 120 valence electrons. The molecule has 1 aromatic carbocycles. The quantitative estimate of drug-likeness (QED) is 0.774. The molecular formula is C18H27N3O. The Kier molecular flexibility index (Phi) is 6.62. The summed E-state index contributed by atoms with van der Waals surface area (Å²) in [5, 5.41) is 9.29. The molecule has 2 rings (SSSR count). The van der Waals surface area contributed by atoms with Gasteiger partial charge in [-0.1, -0.05) is 37.6 Å². The second-order valence-electron chi connectivity index (χ2n) is 5.85. The van der Waals surface area contributed by atoms with Gasteiger partial charge in [-0.3, -0.25) is 4.90 Å². The van der Waals surface area contributed by atoms with Crippen molar-refractivity contribution in [1.29, 1.82) is 0 Å². The van der Waals surface area contributed by atoms with Gasteiger partial charge in [-0.15, -0.1) is 0 Å². The predicted octanol–water partition coefficient (Wildman–Crippen LogP) is 2.76. The molecule has 1 aromatic heterocycles. The van der Waals surface area contributed by atoms with Gasteiger partial charge in [-0.2, -0.15) is 0 Å². The van der Waals surface area contributed by atoms with E-state index < -0.39 is 0 Å². The highest BCUT2D eigenvalue weighted by Crippen LogP contribution is 2.12. The standard InChI is InChI=1S/C18H27N3O/c1-3-4-5-16-6-8-17(9-7-16)13-21(10-11-22)14-18-12-19-15-20(18)2/h6-9,12,15,22H,3-5,10-11,13-14H2,1-2H3. The zero-order valence-electron chi connectivity index (χ0n) is 13.7. The van der Waals surface area contributed by atoms with Crippen LogP contribution in [0.1, 0.15) is 36.6 Å². The van der Waals surface area contributed by atoms with Gasteiger partial charge in [0.2, 0.25) is 0 Å². The van der Waals surface area contributed by atoms with Gasteiger partial charge in [0.1, 0.15) is 0 Å². The number of hydrogen-bond acceptors (Lipinski definition) is 3. The third-order valence-electron chi connectivity index (χ3n) is 3.97. The molecule has 0 unspecified atom stereocenters. The van der Waals surface area contributed by atoms with E-state index in [0.29, 0.717) is 6.54 Å². The summed E-state index contributed by atoms with van der Waals surface area (Å²) in [6.07, 6.45) is 7.34. The minimum Gasteiger partial charge on any atom is -0.395 e. The van der Waals surface area contributed by atoms with E-state index in [1.54, 1.807) is 0 Å². The van der Waals surface area contributed by atoms with Crippen LogP contribution < -0.4 is 0 Å². The van der Waals surface area contributed by atoms with E-state index in [0.717, 1.165) is 25.2 Å². The van der Waals surface area contributed by atoms with Crippen molar-refractivity contribution in [2.45, 2.75) is 39.3 Å². The van der Waals surface area contributed by atoms with Crippen molar-refractivity contribution >= 4 is 0 Å². The molecule has 4 nitrogen and oxygen atoms in total. The Labute approximate surface area is 133 Å². The lowest BCUT2D eigenvalue weighted by atomic mass is 10.1. The third kappa shape index (κ3) is 4.97. The molecule has 0 saturated heterocycles. The highest BCUT2D eigenvalue weighted by Gasteiger charge is 2.09. The maximum Gasteiger partial charge on any atom is 0.0945 e. The van der Waals surface area contributed by atoms with E-state index in [9.17, 15) is 5.11 Å². The maximum absolute atomic E-state index is 9.29. The van der Waals surface area contributed by atoms with E-state index in [4.69, 9.17) is 0 Å². The first kappa shape index (κ1) is 16.7. The van der Waals surface area contributed by atoms with Gasteiger partial charge in [0.15, 0.2) is 0 Å². The number of hydrogen-bond donors (Lipinski definition) is 1. The van der Waals surface area contributed by atoms with Crippen molar-refractivity contribution in [3.8, 4) is 0 Å². The third-order valence-corrected chi connectivity index (χ3v) is 3.97. The van der Waals surface area contributed by atoms with Crippen molar-refractivity contribution in [2.24, 2.45) is 7.05 Å². The SMILES string of the molecule is CCCCc1ccc(CN(CCO)Cc2cncn2C)cc1. The molecule has 22 heavy (non-hydrogen) atoms. The second kappa shape index (κ2) is 8.71. The number of aliphatic hydroxyl groups excluding tert-OH is 1. The molecular weight excluding hydrogens is 274 g/mol. The summed E-state index contributed by atoms with van der Waals surface area (Å²) < 4.78 is 2.03. The molecule has 0 fully saturated rings. The fourth-order valence-corrected chi connectivity index (χ4v) is 2.57. The van der Waals surface area contributed by atoms with E-state index >= 15 is 0 Å². The Morgan fingerprint density at radius 2 is 1.86 bits per heavy atom. The Bertz CT molecular complexity index is 548. The lowest BCUT2D eigenvalue weighted by Gasteiger charge is -2.21. The van der Waals surface area contributed by atoms with E-state index in [2.05, 4.69) is 41.1 Å². The van der Waals surface area contributed by atoms with Crippen LogP contribution >= 0.6 is 0 Å². The monoisotopic (exact) mass is 301 g/mol. The summed E-state index contributed by atoms with van der Waals surface area (Å²) in [6, 6.07) is 8.87. The van der Waals surface area contributed by atoms with Crippen LogP contribution in [0.4, 0.5) is 0 Å². The number of nitrogens with zero attached hydrogens (tertiary/aromatic N) is 3. The summed E-state index contributed by atoms with van der Waals surface area (Å²) >= 11 is 0. The Balaban J connectivity index is 1.96. The Hall–Kier alpha value is -1.65. The smallest absolute Gasteiger partial charge is 0.0945 e. The Morgan fingerprint density at radius 3 is 2.45 bits per heavy atom. The lowest BCUT2D eigenvalue weighted by Crippen LogP contribution is -2.27. The number of unbranched alkanes of at least 4 members (excludes halogenated alkanes) is 1. The number of aryl methyl sites for hydroxylation is 2. The van der Waals surface area contributed by atoms with Gasteiger partial charge in [0, 0.05) is 32.9 Å². The summed E-state index contributed by atoms with van der Waals surface area (Å²) in [5.74, 6) is 0. The largest absolute Gasteiger partial charge is 0.395 e. The topological polar surface area (TPSA) is 41.3 Å². The van der Waals surface area contributed by atoms with Gasteiger partial charge in [-0.05, 0) is 24.0 Å². The van der Waals surface area contributed by atoms with E-state index in [1.807, 2.05) is 24.1 Å². The van der Waals surface area contributed by atoms with Gasteiger partial charge in [0.25, 0.3) is 0 Å². The van der Waals surface area contributed by atoms with Crippen LogP contribution in [0.2, 0.25) is 0 Å². The molecule has 1 heterocycles. The number of rotatable bonds is 9. The predicted molar refractivity (Wildman–Crippen MR) is 89.5 cm³/mol. The average Bonchev–Trinajstić information content (AvgIpc) is 2.92. The van der Waals surface area contributed by atoms with E-state index in [1.165, 1.54) is 24.0 Å². The van der Waals surface area contributed by atoms with Crippen LogP contribution in [0.25, 0.3) is 0 Å². The van der Waals surface area contributed by atoms with Crippen LogP contribution in [0.5, 0.6) is 0 Å². The minimum absolute atomic E-state index is 0.173. The molecule has 0 aliphatic heterocycles. The molecule has 0 aliphatic rings. The highest BCUT2D eigenvalue weighted by molar-refractivity contribution is 5.22. The summed E-state index contributed by atoms with van der Waals surface area (Å²) in [4.78, 5) is 6.40.